The molecule has 1 aliphatic carbocycles. The quantitative estimate of drug-likeness (QED) is 0.626. The van der Waals surface area contributed by atoms with E-state index in [1.54, 1.807) is 46.7 Å². The molecule has 2 fully saturated rings. The van der Waals surface area contributed by atoms with Gasteiger partial charge in [0.2, 0.25) is 0 Å². The summed E-state index contributed by atoms with van der Waals surface area (Å²) >= 11 is 0. The van der Waals surface area contributed by atoms with Crippen molar-refractivity contribution in [2.45, 2.75) is 38.3 Å². The Bertz CT molecular complexity index is 1340. The molecular weight excluding hydrogens is 414 g/mol. The number of carbonyl (C=O) groups is 1. The Hall–Kier alpha value is -3.00. The van der Waals surface area contributed by atoms with Crippen LogP contribution in [0.15, 0.2) is 53.3 Å². The number of hydrogen-bond donors (Lipinski definition) is 0. The molecule has 8 heteroatoms. The third-order valence-electron chi connectivity index (χ3n) is 6.09. The molecule has 2 aromatic carbocycles. The molecule has 0 bridgehead atoms. The fourth-order valence-electron chi connectivity index (χ4n) is 4.43. The first kappa shape index (κ1) is 19.9. The van der Waals surface area contributed by atoms with Crippen molar-refractivity contribution in [2.75, 3.05) is 11.5 Å². The number of aromatic nitrogens is 2. The Kier molecular flexibility index (Phi) is 4.69. The number of para-hydroxylation sites is 1. The maximum Gasteiger partial charge on any atom is 0.265 e. The van der Waals surface area contributed by atoms with Gasteiger partial charge in [-0.1, -0.05) is 12.1 Å². The van der Waals surface area contributed by atoms with Crippen LogP contribution < -0.4 is 5.56 Å². The molecule has 1 saturated carbocycles. The molecule has 0 radical (unpaired) electrons. The molecule has 3 aromatic rings. The van der Waals surface area contributed by atoms with Gasteiger partial charge in [0.1, 0.15) is 5.82 Å². The predicted molar refractivity (Wildman–Crippen MR) is 118 cm³/mol. The summed E-state index contributed by atoms with van der Waals surface area (Å²) in [4.78, 5) is 32.5. The van der Waals surface area contributed by atoms with Crippen LogP contribution in [0.4, 0.5) is 0 Å². The third-order valence-corrected chi connectivity index (χ3v) is 7.84. The van der Waals surface area contributed by atoms with Crippen LogP contribution in [0.3, 0.4) is 0 Å². The fraction of sp³-hybridized carbons (Fsp3) is 0.348. The minimum absolute atomic E-state index is 0.0463. The van der Waals surface area contributed by atoms with E-state index in [9.17, 15) is 18.0 Å². The van der Waals surface area contributed by atoms with Gasteiger partial charge in [-0.15, -0.1) is 0 Å². The number of hydrogen-bond acceptors (Lipinski definition) is 5. The molecule has 1 saturated heterocycles. The first-order valence-electron chi connectivity index (χ1n) is 10.5. The van der Waals surface area contributed by atoms with Crippen molar-refractivity contribution in [2.24, 2.45) is 0 Å². The molecule has 160 valence electrons. The van der Waals surface area contributed by atoms with E-state index in [-0.39, 0.29) is 35.1 Å². The molecule has 0 spiro atoms. The molecule has 31 heavy (non-hydrogen) atoms. The van der Waals surface area contributed by atoms with E-state index < -0.39 is 9.84 Å². The first-order valence-corrected chi connectivity index (χ1v) is 12.3. The largest absolute Gasteiger partial charge is 0.332 e. The normalized spacial score (nSPS) is 20.1. The summed E-state index contributed by atoms with van der Waals surface area (Å²) in [6, 6.07) is 14.0. The van der Waals surface area contributed by atoms with Crippen molar-refractivity contribution in [3.05, 3.63) is 70.3 Å². The number of rotatable bonds is 4. The van der Waals surface area contributed by atoms with E-state index in [1.165, 1.54) is 0 Å². The number of aryl methyl sites for hydroxylation is 1. The maximum atomic E-state index is 13.2. The lowest BCUT2D eigenvalue weighted by Gasteiger charge is -2.28. The van der Waals surface area contributed by atoms with Crippen molar-refractivity contribution in [3.63, 3.8) is 0 Å². The number of fused-ring (bicyclic) bond motifs is 1. The monoisotopic (exact) mass is 437 g/mol. The lowest BCUT2D eigenvalue weighted by molar-refractivity contribution is 0.0681. The van der Waals surface area contributed by atoms with Gasteiger partial charge >= 0.3 is 0 Å². The minimum Gasteiger partial charge on any atom is -0.332 e. The maximum absolute atomic E-state index is 13.2. The van der Waals surface area contributed by atoms with Crippen LogP contribution in [0.5, 0.6) is 0 Å². The Labute approximate surface area is 180 Å². The van der Waals surface area contributed by atoms with Crippen molar-refractivity contribution >= 4 is 26.6 Å². The molecule has 1 amide bonds. The molecular formula is C23H23N3O4S. The molecule has 1 aliphatic heterocycles. The van der Waals surface area contributed by atoms with Gasteiger partial charge in [-0.05, 0) is 62.6 Å². The molecule has 1 atom stereocenters. The lowest BCUT2D eigenvalue weighted by atomic mass is 10.1. The number of sulfone groups is 1. The van der Waals surface area contributed by atoms with E-state index in [0.29, 0.717) is 34.4 Å². The van der Waals surface area contributed by atoms with Crippen LogP contribution in [0.1, 0.15) is 35.4 Å². The van der Waals surface area contributed by atoms with Crippen molar-refractivity contribution in [3.8, 4) is 5.69 Å². The molecule has 2 aliphatic rings. The highest BCUT2D eigenvalue weighted by Gasteiger charge is 2.42. The summed E-state index contributed by atoms with van der Waals surface area (Å²) in [7, 11) is -3.07. The van der Waals surface area contributed by atoms with E-state index in [0.717, 1.165) is 12.8 Å². The summed E-state index contributed by atoms with van der Waals surface area (Å²) in [5.74, 6) is 0.616. The average molecular weight is 438 g/mol. The van der Waals surface area contributed by atoms with Gasteiger partial charge in [0.15, 0.2) is 9.84 Å². The zero-order valence-electron chi connectivity index (χ0n) is 17.2. The van der Waals surface area contributed by atoms with E-state index in [1.807, 2.05) is 18.2 Å². The Morgan fingerprint density at radius 2 is 1.74 bits per heavy atom. The fourth-order valence-corrected chi connectivity index (χ4v) is 6.14. The highest BCUT2D eigenvalue weighted by Crippen LogP contribution is 2.33. The van der Waals surface area contributed by atoms with Crippen LogP contribution in [0.2, 0.25) is 0 Å². The van der Waals surface area contributed by atoms with Crippen LogP contribution in [-0.2, 0) is 9.84 Å². The van der Waals surface area contributed by atoms with Crippen LogP contribution in [-0.4, -0.2) is 52.4 Å². The second kappa shape index (κ2) is 7.30. The Morgan fingerprint density at radius 1 is 1.03 bits per heavy atom. The Morgan fingerprint density at radius 3 is 2.39 bits per heavy atom. The number of nitrogens with zero attached hydrogens (tertiary/aromatic N) is 3. The topological polar surface area (TPSA) is 89.3 Å². The zero-order valence-corrected chi connectivity index (χ0v) is 18.0. The van der Waals surface area contributed by atoms with Crippen LogP contribution in [0.25, 0.3) is 16.6 Å². The summed E-state index contributed by atoms with van der Waals surface area (Å²) in [5, 5.41) is 0.538. The first-order chi connectivity index (χ1) is 14.8. The molecule has 1 unspecified atom stereocenters. The van der Waals surface area contributed by atoms with Crippen molar-refractivity contribution < 1.29 is 13.2 Å². The van der Waals surface area contributed by atoms with Gasteiger partial charge in [-0.3, -0.25) is 14.2 Å². The Balaban J connectivity index is 1.47. The smallest absolute Gasteiger partial charge is 0.265 e. The molecule has 1 aromatic heterocycles. The summed E-state index contributed by atoms with van der Waals surface area (Å²) in [6.07, 6.45) is 2.33. The van der Waals surface area contributed by atoms with Crippen molar-refractivity contribution in [1.82, 2.24) is 14.5 Å². The highest BCUT2D eigenvalue weighted by atomic mass is 32.2. The predicted octanol–water partition coefficient (Wildman–Crippen LogP) is 2.49. The third kappa shape index (κ3) is 3.65. The molecule has 0 N–H and O–H groups in total. The van der Waals surface area contributed by atoms with Gasteiger partial charge in [-0.2, -0.15) is 0 Å². The average Bonchev–Trinajstić information content (AvgIpc) is 3.51. The zero-order chi connectivity index (χ0) is 21.8. The second-order valence-electron chi connectivity index (χ2n) is 8.36. The SMILES string of the molecule is Cc1nc2ccccc2c(=O)n1-c1ccc(C(=O)N(C2CC2)C2CCS(=O)(=O)C2)cc1. The van der Waals surface area contributed by atoms with Gasteiger partial charge < -0.3 is 4.90 Å². The van der Waals surface area contributed by atoms with E-state index >= 15 is 0 Å². The minimum atomic E-state index is -3.07. The van der Waals surface area contributed by atoms with Crippen molar-refractivity contribution in [1.29, 1.82) is 0 Å². The number of benzene rings is 2. The van der Waals surface area contributed by atoms with Crippen LogP contribution >= 0.6 is 0 Å². The molecule has 2 heterocycles. The van der Waals surface area contributed by atoms with Crippen LogP contribution in [0, 0.1) is 6.92 Å². The molecule has 5 rings (SSSR count). The highest BCUT2D eigenvalue weighted by molar-refractivity contribution is 7.91. The van der Waals surface area contributed by atoms with Gasteiger partial charge in [0, 0.05) is 17.6 Å². The second-order valence-corrected chi connectivity index (χ2v) is 10.6. The van der Waals surface area contributed by atoms with Gasteiger partial charge in [0.25, 0.3) is 11.5 Å². The number of carbonyl (C=O) groups excluding carboxylic acids is 1. The van der Waals surface area contributed by atoms with E-state index in [4.69, 9.17) is 0 Å². The summed E-state index contributed by atoms with van der Waals surface area (Å²) in [5.41, 5.74) is 1.63. The van der Waals surface area contributed by atoms with Gasteiger partial charge in [0.05, 0.1) is 28.1 Å². The number of amides is 1. The summed E-state index contributed by atoms with van der Waals surface area (Å²) < 4.78 is 25.4. The van der Waals surface area contributed by atoms with E-state index in [2.05, 4.69) is 4.98 Å². The lowest BCUT2D eigenvalue weighted by Crippen LogP contribution is -2.42. The summed E-state index contributed by atoms with van der Waals surface area (Å²) in [6.45, 7) is 1.78. The van der Waals surface area contributed by atoms with Gasteiger partial charge in [-0.25, -0.2) is 13.4 Å². The standard InChI is InChI=1S/C23H23N3O4S/c1-15-24-21-5-3-2-4-20(21)23(28)25(15)17-8-6-16(7-9-17)22(27)26(18-10-11-18)19-12-13-31(29,30)14-19/h2-9,18-19H,10-14H2,1H3. The molecule has 7 nitrogen and oxygen atoms in total.